The van der Waals surface area contributed by atoms with Gasteiger partial charge in [-0.25, -0.2) is 9.37 Å². The molecule has 0 saturated heterocycles. The van der Waals surface area contributed by atoms with E-state index in [0.29, 0.717) is 6.07 Å². The number of carboxylic acid groups (broad SMARTS) is 1. The second-order valence-electron chi connectivity index (χ2n) is 10.5. The fourth-order valence-corrected chi connectivity index (χ4v) is 5.46. The standard InChI is InChI=1S/C23H26N2O2.C8H7F4N.CH5NS.CH2O/c1-14-12-16(17-9-11-22-21(13-17)24-15(2)25(22)3)8-10-18(14)19-6-4-5-7-20(19)23(26)27;1-13-7-3-2-5(4-6(7)9)8(10,11)12;1-2-3;1-2/h8-13,19-20H,4-7H2,1-3H3,(H,26,27);2-4,13H,1H3;2-3H,1H3;1H2/t19-,20?;;;/m0.../s1. The second-order valence-corrected chi connectivity index (χ2v) is 10.9. The van der Waals surface area contributed by atoms with Crippen LogP contribution >= 0.6 is 12.8 Å². The van der Waals surface area contributed by atoms with Gasteiger partial charge in [-0.15, -0.1) is 0 Å². The Balaban J connectivity index is 0.000000329. The van der Waals surface area contributed by atoms with Crippen LogP contribution in [0.1, 0.15) is 54.1 Å². The Morgan fingerprint density at radius 1 is 1.00 bits per heavy atom. The number of nitrogens with one attached hydrogen (secondary N) is 2. The van der Waals surface area contributed by atoms with Crippen molar-refractivity contribution in [2.24, 2.45) is 13.0 Å². The average Bonchev–Trinajstić information content (AvgIpc) is 3.30. The van der Waals surface area contributed by atoms with Crippen molar-refractivity contribution in [1.29, 1.82) is 0 Å². The number of hydrogen-bond acceptors (Lipinski definition) is 6. The second kappa shape index (κ2) is 17.0. The lowest BCUT2D eigenvalue weighted by Gasteiger charge is -2.30. The zero-order valence-electron chi connectivity index (χ0n) is 26.0. The maximum absolute atomic E-state index is 12.8. The van der Waals surface area contributed by atoms with Gasteiger partial charge in [0.1, 0.15) is 18.4 Å². The van der Waals surface area contributed by atoms with E-state index in [2.05, 4.69) is 75.7 Å². The number of halogens is 4. The van der Waals surface area contributed by atoms with Crippen molar-refractivity contribution in [2.45, 2.75) is 51.6 Å². The number of hydrogen-bond donors (Lipinski definition) is 4. The van der Waals surface area contributed by atoms with Gasteiger partial charge in [-0.05, 0) is 92.2 Å². The molecule has 1 aliphatic rings. The van der Waals surface area contributed by atoms with E-state index in [1.54, 1.807) is 7.05 Å². The molecule has 1 unspecified atom stereocenters. The third kappa shape index (κ3) is 9.54. The number of nitrogens with zero attached hydrogens (tertiary/aromatic N) is 2. The minimum Gasteiger partial charge on any atom is -0.481 e. The van der Waals surface area contributed by atoms with E-state index in [9.17, 15) is 27.5 Å². The van der Waals surface area contributed by atoms with Crippen molar-refractivity contribution >= 4 is 42.3 Å². The fourth-order valence-electron chi connectivity index (χ4n) is 5.46. The molecule has 7 nitrogen and oxygen atoms in total. The zero-order valence-corrected chi connectivity index (χ0v) is 26.9. The minimum atomic E-state index is -4.49. The Bertz CT molecular complexity index is 1580. The molecule has 12 heteroatoms. The lowest BCUT2D eigenvalue weighted by atomic mass is 9.74. The van der Waals surface area contributed by atoms with Crippen LogP contribution in [0.2, 0.25) is 0 Å². The van der Waals surface area contributed by atoms with Crippen molar-refractivity contribution < 1.29 is 32.3 Å². The summed E-state index contributed by atoms with van der Waals surface area (Å²) in [6.07, 6.45) is -0.597. The average molecular weight is 649 g/mol. The smallest absolute Gasteiger partial charge is 0.416 e. The van der Waals surface area contributed by atoms with Gasteiger partial charge in [0, 0.05) is 14.1 Å². The van der Waals surface area contributed by atoms with Gasteiger partial charge in [0.2, 0.25) is 0 Å². The lowest BCUT2D eigenvalue weighted by molar-refractivity contribution is -0.143. The summed E-state index contributed by atoms with van der Waals surface area (Å²) in [5.74, 6) is -0.676. The molecule has 3 N–H and O–H groups in total. The molecule has 0 amide bonds. The molecule has 1 aromatic heterocycles. The SMILES string of the molecule is C=O.CNS.CNc1ccc(C(F)(F)F)cc1F.Cc1cc(-c2ccc3c(c2)nc(C)n3C)ccc1[C@@H]1CCCCC1C(=O)O. The number of rotatable bonds is 4. The van der Waals surface area contributed by atoms with Crippen molar-refractivity contribution in [1.82, 2.24) is 14.3 Å². The highest BCUT2D eigenvalue weighted by atomic mass is 32.1. The Morgan fingerprint density at radius 3 is 2.16 bits per heavy atom. The first-order valence-electron chi connectivity index (χ1n) is 14.2. The Hall–Kier alpha value is -3.90. The molecule has 4 aromatic rings. The summed E-state index contributed by atoms with van der Waals surface area (Å²) in [4.78, 5) is 24.3. The molecule has 45 heavy (non-hydrogen) atoms. The number of benzene rings is 3. The number of fused-ring (bicyclic) bond motifs is 1. The number of carboxylic acids is 1. The third-order valence-electron chi connectivity index (χ3n) is 7.76. The van der Waals surface area contributed by atoms with Gasteiger partial charge in [-0.2, -0.15) is 13.2 Å². The van der Waals surface area contributed by atoms with E-state index in [-0.39, 0.29) is 17.5 Å². The van der Waals surface area contributed by atoms with Crippen LogP contribution in [0, 0.1) is 25.6 Å². The van der Waals surface area contributed by atoms with E-state index < -0.39 is 23.5 Å². The molecule has 1 saturated carbocycles. The summed E-state index contributed by atoms with van der Waals surface area (Å²) >= 11 is 3.54. The van der Waals surface area contributed by atoms with Gasteiger partial charge in [0.25, 0.3) is 0 Å². The van der Waals surface area contributed by atoms with Gasteiger partial charge < -0.3 is 19.8 Å². The molecular weight excluding hydrogens is 608 g/mol. The summed E-state index contributed by atoms with van der Waals surface area (Å²) in [6.45, 7) is 6.12. The zero-order chi connectivity index (χ0) is 33.9. The van der Waals surface area contributed by atoms with Crippen molar-refractivity contribution in [3.8, 4) is 11.1 Å². The Morgan fingerprint density at radius 2 is 1.60 bits per heavy atom. The Kier molecular flexibility index (Phi) is 14.1. The molecule has 5 rings (SSSR count). The number of aliphatic carboxylic acids is 1. The van der Waals surface area contributed by atoms with Crippen LogP contribution < -0.4 is 10.0 Å². The highest BCUT2D eigenvalue weighted by Gasteiger charge is 2.33. The van der Waals surface area contributed by atoms with Crippen molar-refractivity contribution in [3.63, 3.8) is 0 Å². The molecule has 2 atom stereocenters. The topological polar surface area (TPSA) is 96.3 Å². The van der Waals surface area contributed by atoms with Crippen LogP contribution in [0.25, 0.3) is 22.2 Å². The van der Waals surface area contributed by atoms with E-state index >= 15 is 0 Å². The summed E-state index contributed by atoms with van der Waals surface area (Å²) in [5, 5.41) is 12.0. The van der Waals surface area contributed by atoms with E-state index in [0.717, 1.165) is 65.8 Å². The van der Waals surface area contributed by atoms with Crippen molar-refractivity contribution in [3.05, 3.63) is 82.9 Å². The van der Waals surface area contributed by atoms with Gasteiger partial charge in [-0.1, -0.05) is 49.9 Å². The van der Waals surface area contributed by atoms with Gasteiger partial charge in [0.15, 0.2) is 0 Å². The van der Waals surface area contributed by atoms with Gasteiger partial charge >= 0.3 is 12.1 Å². The normalized spacial score (nSPS) is 15.9. The number of aromatic nitrogens is 2. The van der Waals surface area contributed by atoms with Crippen LogP contribution in [-0.2, 0) is 22.8 Å². The van der Waals surface area contributed by atoms with E-state index in [1.807, 2.05) is 20.8 Å². The highest BCUT2D eigenvalue weighted by Crippen LogP contribution is 2.40. The van der Waals surface area contributed by atoms with Gasteiger partial charge in [-0.3, -0.25) is 9.52 Å². The molecular formula is C33H40F4N4O3S. The number of alkyl halides is 3. The lowest BCUT2D eigenvalue weighted by Crippen LogP contribution is -2.25. The van der Waals surface area contributed by atoms with E-state index in [4.69, 9.17) is 4.79 Å². The maximum Gasteiger partial charge on any atom is 0.416 e. The van der Waals surface area contributed by atoms with Crippen LogP contribution in [0.5, 0.6) is 0 Å². The predicted octanol–water partition coefficient (Wildman–Crippen LogP) is 7.97. The number of imidazole rings is 1. The monoisotopic (exact) mass is 648 g/mol. The first-order valence-corrected chi connectivity index (χ1v) is 14.7. The molecule has 3 aromatic carbocycles. The molecule has 0 bridgehead atoms. The summed E-state index contributed by atoms with van der Waals surface area (Å²) < 4.78 is 53.4. The minimum absolute atomic E-state index is 0.0491. The van der Waals surface area contributed by atoms with Crippen LogP contribution in [-0.4, -0.2) is 41.5 Å². The first kappa shape index (κ1) is 37.3. The first-order chi connectivity index (χ1) is 21.3. The third-order valence-corrected chi connectivity index (χ3v) is 7.76. The quantitative estimate of drug-likeness (QED) is 0.132. The molecule has 0 aliphatic heterocycles. The predicted molar refractivity (Wildman–Crippen MR) is 174 cm³/mol. The highest BCUT2D eigenvalue weighted by molar-refractivity contribution is 7.78. The maximum atomic E-state index is 12.8. The van der Waals surface area contributed by atoms with Gasteiger partial charge in [0.05, 0.1) is 28.2 Å². The van der Waals surface area contributed by atoms with Crippen LogP contribution in [0.4, 0.5) is 23.2 Å². The number of carbonyl (C=O) groups is 2. The number of thiol groups is 1. The Labute approximate surface area is 266 Å². The molecule has 0 radical (unpaired) electrons. The number of anilines is 1. The van der Waals surface area contributed by atoms with Crippen LogP contribution in [0.3, 0.4) is 0 Å². The van der Waals surface area contributed by atoms with Crippen molar-refractivity contribution in [2.75, 3.05) is 19.4 Å². The number of aryl methyl sites for hydroxylation is 3. The summed E-state index contributed by atoms with van der Waals surface area (Å²) in [5.41, 5.74) is 5.89. The molecule has 0 spiro atoms. The molecule has 244 valence electrons. The number of carbonyl (C=O) groups excluding carboxylic acids is 1. The molecule has 1 aliphatic carbocycles. The summed E-state index contributed by atoms with van der Waals surface area (Å²) in [7, 11) is 5.21. The van der Waals surface area contributed by atoms with E-state index in [1.165, 1.54) is 18.2 Å². The fraction of sp³-hybridized carbons (Fsp3) is 0.364. The summed E-state index contributed by atoms with van der Waals surface area (Å²) in [6, 6.07) is 15.2. The molecule has 1 fully saturated rings. The largest absolute Gasteiger partial charge is 0.481 e. The molecule has 1 heterocycles. The van der Waals surface area contributed by atoms with Crippen LogP contribution in [0.15, 0.2) is 54.6 Å².